The minimum absolute atomic E-state index is 0.0766. The third-order valence-electron chi connectivity index (χ3n) is 3.50. The zero-order valence-corrected chi connectivity index (χ0v) is 14.2. The second-order valence-electron chi connectivity index (χ2n) is 5.25. The van der Waals surface area contributed by atoms with Crippen molar-refractivity contribution in [1.29, 1.82) is 0 Å². The summed E-state index contributed by atoms with van der Waals surface area (Å²) in [6, 6.07) is 13.9. The van der Waals surface area contributed by atoms with Crippen molar-refractivity contribution >= 4 is 27.3 Å². The van der Waals surface area contributed by atoms with E-state index in [1.54, 1.807) is 6.07 Å². The molecule has 3 nitrogen and oxygen atoms in total. The molecule has 2 rings (SSSR count). The first-order chi connectivity index (χ1) is 10.0. The number of phenolic OH excluding ortho intramolecular Hbond substituents is 1. The van der Waals surface area contributed by atoms with Crippen molar-refractivity contribution in [1.82, 2.24) is 0 Å². The van der Waals surface area contributed by atoms with Crippen molar-refractivity contribution in [3.63, 3.8) is 0 Å². The first-order valence-corrected chi connectivity index (χ1v) is 7.83. The van der Waals surface area contributed by atoms with E-state index in [-0.39, 0.29) is 6.04 Å². The van der Waals surface area contributed by atoms with Gasteiger partial charge in [-0.3, -0.25) is 0 Å². The number of hydrogen-bond acceptors (Lipinski definition) is 3. The standard InChI is InChI=1S/C17H21BrN2O/c1-4-16(15-11-12(18)5-10-17(15)21)19-13-6-8-14(9-7-13)20(2)3/h5-11,16,19,21H,4H2,1-3H3. The smallest absolute Gasteiger partial charge is 0.120 e. The van der Waals surface area contributed by atoms with Crippen LogP contribution in [0.3, 0.4) is 0 Å². The van der Waals surface area contributed by atoms with Gasteiger partial charge in [0.15, 0.2) is 0 Å². The van der Waals surface area contributed by atoms with E-state index in [1.807, 2.05) is 26.2 Å². The average molecular weight is 349 g/mol. The van der Waals surface area contributed by atoms with Gasteiger partial charge in [0.25, 0.3) is 0 Å². The minimum atomic E-state index is 0.0766. The van der Waals surface area contributed by atoms with Crippen LogP contribution in [0.5, 0.6) is 5.75 Å². The van der Waals surface area contributed by atoms with Crippen LogP contribution in [-0.2, 0) is 0 Å². The maximum atomic E-state index is 10.1. The largest absolute Gasteiger partial charge is 0.508 e. The van der Waals surface area contributed by atoms with Gasteiger partial charge in [0.1, 0.15) is 5.75 Å². The Morgan fingerprint density at radius 3 is 2.38 bits per heavy atom. The summed E-state index contributed by atoms with van der Waals surface area (Å²) in [5, 5.41) is 13.5. The van der Waals surface area contributed by atoms with E-state index < -0.39 is 0 Å². The Balaban J connectivity index is 2.20. The van der Waals surface area contributed by atoms with Crippen LogP contribution in [0.25, 0.3) is 0 Å². The second-order valence-corrected chi connectivity index (χ2v) is 6.17. The lowest BCUT2D eigenvalue weighted by Crippen LogP contribution is -2.11. The summed E-state index contributed by atoms with van der Waals surface area (Å²) in [5.41, 5.74) is 3.12. The molecule has 0 spiro atoms. The van der Waals surface area contributed by atoms with Crippen molar-refractivity contribution in [3.05, 3.63) is 52.5 Å². The molecular formula is C17H21BrN2O. The number of phenols is 1. The molecule has 0 saturated heterocycles. The van der Waals surface area contributed by atoms with Crippen molar-refractivity contribution < 1.29 is 5.11 Å². The molecule has 21 heavy (non-hydrogen) atoms. The summed E-state index contributed by atoms with van der Waals surface area (Å²) < 4.78 is 0.971. The summed E-state index contributed by atoms with van der Waals surface area (Å²) in [4.78, 5) is 2.07. The molecule has 112 valence electrons. The van der Waals surface area contributed by atoms with Crippen LogP contribution in [0.2, 0.25) is 0 Å². The van der Waals surface area contributed by atoms with Crippen LogP contribution in [0.4, 0.5) is 11.4 Å². The molecule has 2 aromatic carbocycles. The molecule has 0 amide bonds. The van der Waals surface area contributed by atoms with Gasteiger partial charge < -0.3 is 15.3 Å². The molecule has 0 aliphatic rings. The summed E-state index contributed by atoms with van der Waals surface area (Å²) >= 11 is 3.46. The van der Waals surface area contributed by atoms with Gasteiger partial charge in [0.05, 0.1) is 6.04 Å². The summed E-state index contributed by atoms with van der Waals surface area (Å²) in [7, 11) is 4.05. The molecule has 0 fully saturated rings. The number of hydrogen-bond donors (Lipinski definition) is 2. The van der Waals surface area contributed by atoms with Crippen LogP contribution in [0.15, 0.2) is 46.9 Å². The van der Waals surface area contributed by atoms with Gasteiger partial charge in [-0.1, -0.05) is 22.9 Å². The SMILES string of the molecule is CCC(Nc1ccc(N(C)C)cc1)c1cc(Br)ccc1O. The molecule has 1 unspecified atom stereocenters. The number of anilines is 2. The highest BCUT2D eigenvalue weighted by Gasteiger charge is 2.14. The van der Waals surface area contributed by atoms with Crippen molar-refractivity contribution in [2.45, 2.75) is 19.4 Å². The highest BCUT2D eigenvalue weighted by atomic mass is 79.9. The zero-order chi connectivity index (χ0) is 15.4. The molecule has 2 N–H and O–H groups in total. The number of benzene rings is 2. The number of nitrogens with one attached hydrogen (secondary N) is 1. The van der Waals surface area contributed by atoms with E-state index in [4.69, 9.17) is 0 Å². The van der Waals surface area contributed by atoms with Gasteiger partial charge in [0.2, 0.25) is 0 Å². The van der Waals surface area contributed by atoms with Gasteiger partial charge in [-0.25, -0.2) is 0 Å². The molecular weight excluding hydrogens is 328 g/mol. The number of rotatable bonds is 5. The Bertz CT molecular complexity index is 596. The highest BCUT2D eigenvalue weighted by Crippen LogP contribution is 2.32. The summed E-state index contributed by atoms with van der Waals surface area (Å²) in [6.45, 7) is 2.10. The highest BCUT2D eigenvalue weighted by molar-refractivity contribution is 9.10. The molecule has 4 heteroatoms. The molecule has 1 atom stereocenters. The van der Waals surface area contributed by atoms with Crippen LogP contribution < -0.4 is 10.2 Å². The third-order valence-corrected chi connectivity index (χ3v) is 3.99. The number of halogens is 1. The fraction of sp³-hybridized carbons (Fsp3) is 0.294. The normalized spacial score (nSPS) is 12.0. The van der Waals surface area contributed by atoms with E-state index in [2.05, 4.69) is 57.3 Å². The van der Waals surface area contributed by atoms with Crippen LogP contribution in [-0.4, -0.2) is 19.2 Å². The van der Waals surface area contributed by atoms with Gasteiger partial charge in [-0.05, 0) is 48.9 Å². The van der Waals surface area contributed by atoms with Crippen molar-refractivity contribution in [3.8, 4) is 5.75 Å². The lowest BCUT2D eigenvalue weighted by atomic mass is 10.0. The van der Waals surface area contributed by atoms with E-state index in [1.165, 1.54) is 5.69 Å². The molecule has 0 bridgehead atoms. The Morgan fingerprint density at radius 2 is 1.81 bits per heavy atom. The molecule has 0 radical (unpaired) electrons. The number of aromatic hydroxyl groups is 1. The third kappa shape index (κ3) is 3.91. The van der Waals surface area contributed by atoms with E-state index in [0.717, 1.165) is 22.1 Å². The van der Waals surface area contributed by atoms with Crippen LogP contribution in [0.1, 0.15) is 24.9 Å². The topological polar surface area (TPSA) is 35.5 Å². The molecule has 2 aromatic rings. The molecule has 0 heterocycles. The maximum Gasteiger partial charge on any atom is 0.120 e. The van der Waals surface area contributed by atoms with Gasteiger partial charge in [-0.15, -0.1) is 0 Å². The Hall–Kier alpha value is -1.68. The summed E-state index contributed by atoms with van der Waals surface area (Å²) in [5.74, 6) is 0.322. The first kappa shape index (κ1) is 15.7. The molecule has 0 saturated carbocycles. The minimum Gasteiger partial charge on any atom is -0.508 e. The zero-order valence-electron chi connectivity index (χ0n) is 12.6. The van der Waals surface area contributed by atoms with Gasteiger partial charge in [-0.2, -0.15) is 0 Å². The lowest BCUT2D eigenvalue weighted by molar-refractivity contribution is 0.462. The fourth-order valence-electron chi connectivity index (χ4n) is 2.26. The van der Waals surface area contributed by atoms with Crippen LogP contribution >= 0.6 is 15.9 Å². The van der Waals surface area contributed by atoms with E-state index in [9.17, 15) is 5.11 Å². The van der Waals surface area contributed by atoms with E-state index in [0.29, 0.717) is 5.75 Å². The quantitative estimate of drug-likeness (QED) is 0.815. The number of nitrogens with zero attached hydrogens (tertiary/aromatic N) is 1. The first-order valence-electron chi connectivity index (χ1n) is 7.03. The predicted octanol–water partition coefficient (Wildman–Crippen LogP) is 4.78. The Morgan fingerprint density at radius 1 is 1.14 bits per heavy atom. The second kappa shape index (κ2) is 6.85. The monoisotopic (exact) mass is 348 g/mol. The van der Waals surface area contributed by atoms with Crippen molar-refractivity contribution in [2.75, 3.05) is 24.3 Å². The van der Waals surface area contributed by atoms with E-state index >= 15 is 0 Å². The molecule has 0 aromatic heterocycles. The fourth-order valence-corrected chi connectivity index (χ4v) is 2.64. The van der Waals surface area contributed by atoms with Crippen LogP contribution in [0, 0.1) is 0 Å². The average Bonchev–Trinajstić information content (AvgIpc) is 2.48. The molecule has 0 aliphatic heterocycles. The Kier molecular flexibility index (Phi) is 5.12. The van der Waals surface area contributed by atoms with Gasteiger partial charge in [0, 0.05) is 35.5 Å². The van der Waals surface area contributed by atoms with Crippen molar-refractivity contribution in [2.24, 2.45) is 0 Å². The molecule has 0 aliphatic carbocycles. The maximum absolute atomic E-state index is 10.1. The predicted molar refractivity (Wildman–Crippen MR) is 93.2 cm³/mol. The Labute approximate surface area is 134 Å². The van der Waals surface area contributed by atoms with Gasteiger partial charge >= 0.3 is 0 Å². The summed E-state index contributed by atoms with van der Waals surface area (Å²) in [6.07, 6.45) is 0.888. The lowest BCUT2D eigenvalue weighted by Gasteiger charge is -2.21.